The first-order chi connectivity index (χ1) is 20.6. The van der Waals surface area contributed by atoms with Crippen molar-refractivity contribution in [3.05, 3.63) is 71.1 Å². The number of thiazole rings is 1. The predicted molar refractivity (Wildman–Crippen MR) is 156 cm³/mol. The zero-order chi connectivity index (χ0) is 30.6. The van der Waals surface area contributed by atoms with Crippen LogP contribution >= 0.6 is 22.9 Å². The molecule has 0 spiro atoms. The summed E-state index contributed by atoms with van der Waals surface area (Å²) in [6, 6.07) is 3.72. The minimum Gasteiger partial charge on any atom is -0.368 e. The van der Waals surface area contributed by atoms with Crippen molar-refractivity contribution >= 4 is 67.7 Å². The monoisotopic (exact) mass is 630 g/mol. The highest BCUT2D eigenvalue weighted by molar-refractivity contribution is 7.15. The average molecular weight is 631 g/mol. The lowest BCUT2D eigenvalue weighted by atomic mass is 10.2. The van der Waals surface area contributed by atoms with Crippen LogP contribution in [0.5, 0.6) is 0 Å². The number of carbonyl (C=O) groups excluding carboxylic acids is 1. The summed E-state index contributed by atoms with van der Waals surface area (Å²) >= 11 is 7.06. The number of benzene rings is 1. The first-order valence-corrected chi connectivity index (χ1v) is 13.6. The van der Waals surface area contributed by atoms with Gasteiger partial charge in [-0.15, -0.1) is 11.3 Å². The Labute approximate surface area is 250 Å². The number of halogens is 4. The van der Waals surface area contributed by atoms with Crippen molar-refractivity contribution in [2.45, 2.75) is 12.6 Å². The lowest BCUT2D eigenvalue weighted by Crippen LogP contribution is -2.19. The summed E-state index contributed by atoms with van der Waals surface area (Å²) < 4.78 is 41.7. The molecule has 5 aromatic heterocycles. The molecular weight excluding hydrogens is 609 g/mol. The van der Waals surface area contributed by atoms with Crippen LogP contribution in [-0.4, -0.2) is 57.1 Å². The van der Waals surface area contributed by atoms with Crippen LogP contribution in [0.2, 0.25) is 5.15 Å². The number of aryl methyl sites for hydroxylation is 2. The van der Waals surface area contributed by atoms with Gasteiger partial charge in [0.1, 0.15) is 34.7 Å². The maximum atomic E-state index is 12.8. The lowest BCUT2D eigenvalue weighted by molar-refractivity contribution is -0.137. The number of urea groups is 1. The van der Waals surface area contributed by atoms with Crippen molar-refractivity contribution in [2.24, 2.45) is 14.1 Å². The fourth-order valence-corrected chi connectivity index (χ4v) is 4.98. The molecule has 18 heteroatoms. The van der Waals surface area contributed by atoms with Crippen molar-refractivity contribution in [3.8, 4) is 0 Å². The molecule has 0 aliphatic heterocycles. The minimum atomic E-state index is -4.49. The number of aromatic nitrogens is 9. The summed E-state index contributed by atoms with van der Waals surface area (Å²) in [5.74, 6) is 0.665. The number of anilines is 3. The molecule has 6 aromatic rings. The van der Waals surface area contributed by atoms with Crippen LogP contribution < -0.4 is 16.0 Å². The van der Waals surface area contributed by atoms with Crippen molar-refractivity contribution < 1.29 is 18.0 Å². The van der Waals surface area contributed by atoms with Crippen LogP contribution in [0.3, 0.4) is 0 Å². The van der Waals surface area contributed by atoms with E-state index in [9.17, 15) is 18.0 Å². The largest absolute Gasteiger partial charge is 0.416 e. The van der Waals surface area contributed by atoms with E-state index in [0.29, 0.717) is 29.1 Å². The Morgan fingerprint density at radius 1 is 0.930 bits per heavy atom. The Bertz CT molecular complexity index is 1890. The molecule has 0 saturated heterocycles. The van der Waals surface area contributed by atoms with Crippen LogP contribution in [0.15, 0.2) is 55.5 Å². The highest BCUT2D eigenvalue weighted by atomic mass is 35.5. The van der Waals surface area contributed by atoms with E-state index in [1.165, 1.54) is 36.1 Å². The Hall–Kier alpha value is -4.90. The van der Waals surface area contributed by atoms with Gasteiger partial charge >= 0.3 is 12.2 Å². The molecule has 0 bridgehead atoms. The van der Waals surface area contributed by atoms with Crippen LogP contribution in [0.4, 0.5) is 34.6 Å². The third-order valence-corrected chi connectivity index (χ3v) is 7.14. The van der Waals surface area contributed by atoms with E-state index in [0.717, 1.165) is 39.1 Å². The number of hydrogen-bond acceptors (Lipinski definition) is 10. The molecule has 0 aliphatic rings. The van der Waals surface area contributed by atoms with Crippen LogP contribution in [-0.2, 0) is 26.7 Å². The van der Waals surface area contributed by atoms with Gasteiger partial charge in [0.05, 0.1) is 18.0 Å². The molecule has 43 heavy (non-hydrogen) atoms. The summed E-state index contributed by atoms with van der Waals surface area (Å²) in [5.41, 5.74) is 2.27. The quantitative estimate of drug-likeness (QED) is 0.212. The van der Waals surface area contributed by atoms with E-state index >= 15 is 0 Å². The molecule has 5 heterocycles. The third kappa shape index (κ3) is 7.12. The zero-order valence-electron chi connectivity index (χ0n) is 22.5. The highest BCUT2D eigenvalue weighted by Gasteiger charge is 2.30. The van der Waals surface area contributed by atoms with E-state index in [4.69, 9.17) is 11.6 Å². The molecule has 0 saturated carbocycles. The Balaban J connectivity index is 0.000000279. The van der Waals surface area contributed by atoms with Gasteiger partial charge in [-0.05, 0) is 18.2 Å². The molecule has 2 amide bonds. The van der Waals surface area contributed by atoms with Crippen molar-refractivity contribution in [1.29, 1.82) is 0 Å². The molecule has 0 unspecified atom stereocenters. The van der Waals surface area contributed by atoms with E-state index < -0.39 is 17.8 Å². The second-order valence-corrected chi connectivity index (χ2v) is 10.3. The van der Waals surface area contributed by atoms with Gasteiger partial charge in [0, 0.05) is 43.8 Å². The molecule has 0 fully saturated rings. The molecular formula is C25H22ClF3N12OS. The SMILES string of the molecule is Cn1ncc2ncnc(Cl)c21.Cn1ncc2ncnc(NCCc3cnc(NC(=O)Nc4cccc(C(F)(F)F)c4)s3)c21. The number of amides is 2. The number of rotatable bonds is 6. The van der Waals surface area contributed by atoms with Crippen molar-refractivity contribution in [1.82, 2.24) is 44.5 Å². The molecule has 0 aliphatic carbocycles. The van der Waals surface area contributed by atoms with E-state index in [1.54, 1.807) is 35.0 Å². The lowest BCUT2D eigenvalue weighted by Gasteiger charge is -2.09. The normalized spacial score (nSPS) is 11.3. The standard InChI is InChI=1S/C19H17F3N8OS.C6H5ClN4/c1-30-15-14(9-27-30)25-10-26-16(15)23-6-5-13-8-24-18(32-13)29-17(31)28-12-4-2-3-11(7-12)19(20,21)22;1-11-5-4(2-10-11)8-3-9-6(5)7/h2-4,7-10H,5-6H2,1H3,(H,23,25,26)(H2,24,28,29,31);2-3H,1H3. The number of alkyl halides is 3. The summed E-state index contributed by atoms with van der Waals surface area (Å²) in [6.07, 6.45) is 3.97. The number of nitrogens with zero attached hydrogens (tertiary/aromatic N) is 9. The van der Waals surface area contributed by atoms with Crippen molar-refractivity contribution in [2.75, 3.05) is 22.5 Å². The molecule has 13 nitrogen and oxygen atoms in total. The Kier molecular flexibility index (Phi) is 8.63. The molecule has 0 atom stereocenters. The van der Waals surface area contributed by atoms with Gasteiger partial charge in [-0.2, -0.15) is 23.4 Å². The minimum absolute atomic E-state index is 0.0321. The van der Waals surface area contributed by atoms with Gasteiger partial charge in [0.2, 0.25) is 0 Å². The number of fused-ring (bicyclic) bond motifs is 2. The van der Waals surface area contributed by atoms with Gasteiger partial charge < -0.3 is 10.6 Å². The van der Waals surface area contributed by atoms with Gasteiger partial charge in [-0.1, -0.05) is 17.7 Å². The van der Waals surface area contributed by atoms with Gasteiger partial charge in [-0.3, -0.25) is 14.7 Å². The van der Waals surface area contributed by atoms with Gasteiger partial charge in [-0.25, -0.2) is 29.7 Å². The summed E-state index contributed by atoms with van der Waals surface area (Å²) in [4.78, 5) is 33.4. The second kappa shape index (κ2) is 12.5. The Morgan fingerprint density at radius 3 is 2.35 bits per heavy atom. The maximum Gasteiger partial charge on any atom is 0.416 e. The predicted octanol–water partition coefficient (Wildman–Crippen LogP) is 5.15. The molecule has 0 radical (unpaired) electrons. The first-order valence-electron chi connectivity index (χ1n) is 12.4. The number of nitrogens with one attached hydrogen (secondary N) is 3. The Morgan fingerprint density at radius 2 is 1.63 bits per heavy atom. The third-order valence-electron chi connectivity index (χ3n) is 5.90. The van der Waals surface area contributed by atoms with Crippen LogP contribution in [0, 0.1) is 0 Å². The van der Waals surface area contributed by atoms with Gasteiger partial charge in [0.15, 0.2) is 16.1 Å². The average Bonchev–Trinajstić information content (AvgIpc) is 3.68. The topological polar surface area (TPSA) is 153 Å². The summed E-state index contributed by atoms with van der Waals surface area (Å²) in [5, 5.41) is 17.1. The second-order valence-electron chi connectivity index (χ2n) is 8.86. The van der Waals surface area contributed by atoms with Gasteiger partial charge in [0.25, 0.3) is 0 Å². The first kappa shape index (κ1) is 29.6. The fourth-order valence-electron chi connectivity index (χ4n) is 3.91. The van der Waals surface area contributed by atoms with E-state index in [2.05, 4.69) is 51.1 Å². The van der Waals surface area contributed by atoms with Crippen molar-refractivity contribution in [3.63, 3.8) is 0 Å². The fraction of sp³-hybridized carbons (Fsp3) is 0.200. The zero-order valence-corrected chi connectivity index (χ0v) is 24.0. The number of carbonyl (C=O) groups is 1. The summed E-state index contributed by atoms with van der Waals surface area (Å²) in [7, 11) is 3.61. The van der Waals surface area contributed by atoms with E-state index in [-0.39, 0.29) is 5.69 Å². The molecule has 222 valence electrons. The smallest absolute Gasteiger partial charge is 0.368 e. The molecule has 3 N–H and O–H groups in total. The molecule has 6 rings (SSSR count). The molecule has 1 aromatic carbocycles. The van der Waals surface area contributed by atoms with Crippen LogP contribution in [0.25, 0.3) is 22.1 Å². The highest BCUT2D eigenvalue weighted by Crippen LogP contribution is 2.30. The summed E-state index contributed by atoms with van der Waals surface area (Å²) in [6.45, 7) is 0.565. The van der Waals surface area contributed by atoms with Crippen LogP contribution in [0.1, 0.15) is 10.4 Å². The number of hydrogen-bond donors (Lipinski definition) is 3. The maximum absolute atomic E-state index is 12.8. The van der Waals surface area contributed by atoms with E-state index in [1.807, 2.05) is 7.05 Å².